The number of benzene rings is 1. The molecule has 2 rings (SSSR count). The van der Waals surface area contributed by atoms with E-state index < -0.39 is 0 Å². The molecule has 1 aliphatic heterocycles. The number of rotatable bonds is 5. The maximum atomic E-state index is 11.4. The van der Waals surface area contributed by atoms with Crippen molar-refractivity contribution in [3.63, 3.8) is 0 Å². The minimum absolute atomic E-state index is 0.223. The molecule has 0 amide bonds. The topological polar surface area (TPSA) is 44.8 Å². The molecule has 1 aromatic carbocycles. The van der Waals surface area contributed by atoms with E-state index in [1.807, 2.05) is 18.2 Å². The molecule has 0 radical (unpaired) electrons. The molecule has 1 aromatic rings. The molecule has 0 bridgehead atoms. The highest BCUT2D eigenvalue weighted by Crippen LogP contribution is 2.35. The van der Waals surface area contributed by atoms with E-state index in [1.54, 1.807) is 13.0 Å². The molecule has 0 unspecified atom stereocenters. The van der Waals surface area contributed by atoms with E-state index >= 15 is 0 Å². The van der Waals surface area contributed by atoms with Crippen molar-refractivity contribution >= 4 is 5.97 Å². The Morgan fingerprint density at radius 2 is 2.28 bits per heavy atom. The molecule has 0 saturated carbocycles. The Kier molecular flexibility index (Phi) is 3.87. The van der Waals surface area contributed by atoms with Crippen molar-refractivity contribution in [1.82, 2.24) is 0 Å². The molecule has 1 heterocycles. The summed E-state index contributed by atoms with van der Waals surface area (Å²) in [5.74, 6) is 1.19. The lowest BCUT2D eigenvalue weighted by molar-refractivity contribution is -0.148. The van der Waals surface area contributed by atoms with Gasteiger partial charge in [-0.1, -0.05) is 19.1 Å². The van der Waals surface area contributed by atoms with Crippen LogP contribution in [0, 0.1) is 0 Å². The van der Waals surface area contributed by atoms with Gasteiger partial charge in [0, 0.05) is 12.8 Å². The van der Waals surface area contributed by atoms with Crippen molar-refractivity contribution in [2.24, 2.45) is 0 Å². The minimum atomic E-state index is -0.315. The van der Waals surface area contributed by atoms with Gasteiger partial charge in [-0.05, 0) is 17.7 Å². The van der Waals surface area contributed by atoms with Gasteiger partial charge in [-0.2, -0.15) is 0 Å². The standard InChI is InChI=1S/C14H16O4/c1-3-5-11(18-14(15)4-2)10-6-7-12-13(8-10)17-9-16-12/h3,6-8,11H,1,4-5,9H2,2H3/t11-/m0/s1. The van der Waals surface area contributed by atoms with Crippen molar-refractivity contribution in [3.05, 3.63) is 36.4 Å². The Hall–Kier alpha value is -1.97. The van der Waals surface area contributed by atoms with E-state index in [2.05, 4.69) is 6.58 Å². The van der Waals surface area contributed by atoms with Crippen LogP contribution in [0.3, 0.4) is 0 Å². The van der Waals surface area contributed by atoms with Crippen LogP contribution >= 0.6 is 0 Å². The molecule has 4 nitrogen and oxygen atoms in total. The molecule has 0 aromatic heterocycles. The van der Waals surface area contributed by atoms with Gasteiger partial charge in [0.1, 0.15) is 6.10 Å². The van der Waals surface area contributed by atoms with Gasteiger partial charge in [0.15, 0.2) is 11.5 Å². The number of esters is 1. The van der Waals surface area contributed by atoms with E-state index in [0.29, 0.717) is 18.6 Å². The lowest BCUT2D eigenvalue weighted by atomic mass is 10.1. The van der Waals surface area contributed by atoms with Crippen molar-refractivity contribution in [2.45, 2.75) is 25.9 Å². The van der Waals surface area contributed by atoms with Crippen molar-refractivity contribution < 1.29 is 19.0 Å². The lowest BCUT2D eigenvalue weighted by Gasteiger charge is -2.16. The largest absolute Gasteiger partial charge is 0.457 e. The highest BCUT2D eigenvalue weighted by Gasteiger charge is 2.19. The van der Waals surface area contributed by atoms with Gasteiger partial charge in [0.2, 0.25) is 6.79 Å². The highest BCUT2D eigenvalue weighted by atomic mass is 16.7. The van der Waals surface area contributed by atoms with Gasteiger partial charge in [-0.25, -0.2) is 0 Å². The van der Waals surface area contributed by atoms with Crippen molar-refractivity contribution in [1.29, 1.82) is 0 Å². The highest BCUT2D eigenvalue weighted by molar-refractivity contribution is 5.69. The summed E-state index contributed by atoms with van der Waals surface area (Å²) in [7, 11) is 0. The summed E-state index contributed by atoms with van der Waals surface area (Å²) in [5.41, 5.74) is 0.890. The molecular weight excluding hydrogens is 232 g/mol. The summed E-state index contributed by atoms with van der Waals surface area (Å²) in [6.07, 6.45) is 2.35. The molecule has 1 aliphatic rings. The first-order chi connectivity index (χ1) is 8.74. The van der Waals surface area contributed by atoms with Crippen LogP contribution in [0.15, 0.2) is 30.9 Å². The number of hydrogen-bond donors (Lipinski definition) is 0. The molecule has 1 atom stereocenters. The zero-order valence-corrected chi connectivity index (χ0v) is 10.3. The van der Waals surface area contributed by atoms with E-state index in [4.69, 9.17) is 14.2 Å². The van der Waals surface area contributed by atoms with Gasteiger partial charge in [0.05, 0.1) is 0 Å². The minimum Gasteiger partial charge on any atom is -0.457 e. The fourth-order valence-electron chi connectivity index (χ4n) is 1.76. The Morgan fingerprint density at radius 3 is 3.00 bits per heavy atom. The summed E-state index contributed by atoms with van der Waals surface area (Å²) in [6.45, 7) is 5.69. The predicted molar refractivity (Wildman–Crippen MR) is 66.5 cm³/mol. The second-order valence-electron chi connectivity index (χ2n) is 3.97. The normalized spacial score (nSPS) is 14.1. The van der Waals surface area contributed by atoms with Crippen LogP contribution in [0.4, 0.5) is 0 Å². The second kappa shape index (κ2) is 5.58. The van der Waals surface area contributed by atoms with Gasteiger partial charge in [-0.15, -0.1) is 6.58 Å². The monoisotopic (exact) mass is 248 g/mol. The summed E-state index contributed by atoms with van der Waals surface area (Å²) >= 11 is 0. The summed E-state index contributed by atoms with van der Waals surface area (Å²) < 4.78 is 15.9. The van der Waals surface area contributed by atoms with Crippen LogP contribution in [-0.4, -0.2) is 12.8 Å². The first-order valence-corrected chi connectivity index (χ1v) is 5.94. The summed E-state index contributed by atoms with van der Waals surface area (Å²) in [6, 6.07) is 5.55. The Bertz CT molecular complexity index is 453. The number of carbonyl (C=O) groups is 1. The third-order valence-electron chi connectivity index (χ3n) is 2.71. The second-order valence-corrected chi connectivity index (χ2v) is 3.97. The quantitative estimate of drug-likeness (QED) is 0.593. The van der Waals surface area contributed by atoms with Crippen molar-refractivity contribution in [2.75, 3.05) is 6.79 Å². The smallest absolute Gasteiger partial charge is 0.306 e. The molecule has 0 N–H and O–H groups in total. The van der Waals surface area contributed by atoms with Crippen LogP contribution in [-0.2, 0) is 9.53 Å². The van der Waals surface area contributed by atoms with Gasteiger partial charge < -0.3 is 14.2 Å². The zero-order chi connectivity index (χ0) is 13.0. The maximum Gasteiger partial charge on any atom is 0.306 e. The molecule has 4 heteroatoms. The van der Waals surface area contributed by atoms with Gasteiger partial charge >= 0.3 is 5.97 Å². The SMILES string of the molecule is C=CC[C@H](OC(=O)CC)c1ccc2c(c1)OCO2. The Labute approximate surface area is 106 Å². The van der Waals surface area contributed by atoms with Crippen molar-refractivity contribution in [3.8, 4) is 11.5 Å². The number of carbonyl (C=O) groups excluding carboxylic acids is 1. The average molecular weight is 248 g/mol. The third-order valence-corrected chi connectivity index (χ3v) is 2.71. The third kappa shape index (κ3) is 2.64. The first kappa shape index (κ1) is 12.5. The maximum absolute atomic E-state index is 11.4. The number of hydrogen-bond acceptors (Lipinski definition) is 4. The van der Waals surface area contributed by atoms with E-state index in [1.165, 1.54) is 0 Å². The zero-order valence-electron chi connectivity index (χ0n) is 10.3. The molecular formula is C14H16O4. The van der Waals surface area contributed by atoms with E-state index in [-0.39, 0.29) is 18.9 Å². The lowest BCUT2D eigenvalue weighted by Crippen LogP contribution is -2.09. The Balaban J connectivity index is 2.19. The molecule has 0 saturated heterocycles. The Morgan fingerprint density at radius 1 is 1.50 bits per heavy atom. The predicted octanol–water partition coefficient (Wildman–Crippen LogP) is 2.99. The molecule has 0 aliphatic carbocycles. The van der Waals surface area contributed by atoms with Crippen LogP contribution in [0.25, 0.3) is 0 Å². The van der Waals surface area contributed by atoms with Crippen LogP contribution in [0.2, 0.25) is 0 Å². The molecule has 0 spiro atoms. The summed E-state index contributed by atoms with van der Waals surface area (Å²) in [5, 5.41) is 0. The van der Waals surface area contributed by atoms with Crippen LogP contribution < -0.4 is 9.47 Å². The van der Waals surface area contributed by atoms with Crippen LogP contribution in [0.1, 0.15) is 31.4 Å². The van der Waals surface area contributed by atoms with Gasteiger partial charge in [0.25, 0.3) is 0 Å². The number of ether oxygens (including phenoxy) is 3. The molecule has 0 fully saturated rings. The van der Waals surface area contributed by atoms with E-state index in [0.717, 1.165) is 11.3 Å². The van der Waals surface area contributed by atoms with Gasteiger partial charge in [-0.3, -0.25) is 4.79 Å². The molecule has 18 heavy (non-hydrogen) atoms. The first-order valence-electron chi connectivity index (χ1n) is 5.94. The molecule has 96 valence electrons. The fourth-order valence-corrected chi connectivity index (χ4v) is 1.76. The van der Waals surface area contributed by atoms with Crippen LogP contribution in [0.5, 0.6) is 11.5 Å². The number of fused-ring (bicyclic) bond motifs is 1. The van der Waals surface area contributed by atoms with E-state index in [9.17, 15) is 4.79 Å². The fraction of sp³-hybridized carbons (Fsp3) is 0.357. The average Bonchev–Trinajstić information content (AvgIpc) is 2.85. The summed E-state index contributed by atoms with van der Waals surface area (Å²) in [4.78, 5) is 11.4.